The first-order valence-electron chi connectivity index (χ1n) is 3.80. The molecule has 3 nitrogen and oxygen atoms in total. The maximum Gasteiger partial charge on any atom is 0.247 e. The number of hydrogen-bond donors (Lipinski definition) is 1. The normalized spacial score (nSPS) is 8.86. The molecule has 0 radical (unpaired) electrons. The van der Waals surface area contributed by atoms with Gasteiger partial charge in [0, 0.05) is 4.47 Å². The summed E-state index contributed by atoms with van der Waals surface area (Å²) in [5.74, 6) is -0.282. The molecule has 0 unspecified atom stereocenters. The average molecular weight is 251 g/mol. The molecular weight excluding hydrogens is 244 g/mol. The Bertz CT molecular complexity index is 421. The Balaban J connectivity index is 2.96. The number of carbonyl (C=O) groups is 1. The fraction of sp³-hybridized carbons (Fsp3) is 0. The fourth-order valence-electron chi connectivity index (χ4n) is 0.870. The first-order chi connectivity index (χ1) is 6.67. The molecule has 14 heavy (non-hydrogen) atoms. The Morgan fingerprint density at radius 1 is 1.64 bits per heavy atom. The Labute approximate surface area is 90.2 Å². The molecular formula is C10H7BrN2O. The van der Waals surface area contributed by atoms with E-state index in [4.69, 9.17) is 5.26 Å². The van der Waals surface area contributed by atoms with E-state index >= 15 is 0 Å². The molecule has 0 heterocycles. The Morgan fingerprint density at radius 2 is 2.36 bits per heavy atom. The van der Waals surface area contributed by atoms with Crippen LogP contribution in [-0.2, 0) is 4.79 Å². The van der Waals surface area contributed by atoms with Gasteiger partial charge in [-0.3, -0.25) is 4.79 Å². The third-order valence-electron chi connectivity index (χ3n) is 1.54. The van der Waals surface area contributed by atoms with Crippen molar-refractivity contribution in [2.75, 3.05) is 5.32 Å². The van der Waals surface area contributed by atoms with Gasteiger partial charge in [-0.15, -0.1) is 0 Å². The van der Waals surface area contributed by atoms with Crippen LogP contribution >= 0.6 is 15.9 Å². The van der Waals surface area contributed by atoms with Crippen LogP contribution in [0.5, 0.6) is 0 Å². The van der Waals surface area contributed by atoms with Crippen molar-refractivity contribution in [3.05, 3.63) is 40.9 Å². The highest BCUT2D eigenvalue weighted by atomic mass is 79.9. The summed E-state index contributed by atoms with van der Waals surface area (Å²) >= 11 is 3.25. The maximum atomic E-state index is 11.0. The van der Waals surface area contributed by atoms with E-state index in [1.54, 1.807) is 18.2 Å². The minimum Gasteiger partial charge on any atom is -0.321 e. The number of amides is 1. The molecule has 1 rings (SSSR count). The predicted octanol–water partition coefficient (Wildman–Crippen LogP) is 2.45. The molecule has 0 fully saturated rings. The van der Waals surface area contributed by atoms with Gasteiger partial charge in [0.25, 0.3) is 0 Å². The zero-order valence-corrected chi connectivity index (χ0v) is 8.84. The van der Waals surface area contributed by atoms with Crippen LogP contribution in [0.3, 0.4) is 0 Å². The van der Waals surface area contributed by atoms with Crippen molar-refractivity contribution in [2.24, 2.45) is 0 Å². The fourth-order valence-corrected chi connectivity index (χ4v) is 1.35. The van der Waals surface area contributed by atoms with Gasteiger partial charge in [0.05, 0.1) is 17.3 Å². The van der Waals surface area contributed by atoms with Crippen LogP contribution in [0, 0.1) is 11.3 Å². The van der Waals surface area contributed by atoms with E-state index in [-0.39, 0.29) is 5.91 Å². The van der Waals surface area contributed by atoms with Crippen LogP contribution in [-0.4, -0.2) is 5.91 Å². The second-order valence-electron chi connectivity index (χ2n) is 2.50. The standard InChI is InChI=1S/C10H7BrN2O/c1-2-10(14)13-9-4-3-7(6-12)5-8(9)11/h2-5H,1H2,(H,13,14). The van der Waals surface area contributed by atoms with E-state index in [1.165, 1.54) is 6.08 Å². The molecule has 0 aliphatic carbocycles. The van der Waals surface area contributed by atoms with Crippen LogP contribution < -0.4 is 5.32 Å². The van der Waals surface area contributed by atoms with Crippen molar-refractivity contribution in [3.63, 3.8) is 0 Å². The summed E-state index contributed by atoms with van der Waals surface area (Å²) in [7, 11) is 0. The van der Waals surface area contributed by atoms with Crippen molar-refractivity contribution in [1.29, 1.82) is 5.26 Å². The lowest BCUT2D eigenvalue weighted by Gasteiger charge is -2.04. The highest BCUT2D eigenvalue weighted by Crippen LogP contribution is 2.23. The SMILES string of the molecule is C=CC(=O)Nc1ccc(C#N)cc1Br. The van der Waals surface area contributed by atoms with Crippen LogP contribution in [0.15, 0.2) is 35.3 Å². The molecule has 1 N–H and O–H groups in total. The van der Waals surface area contributed by atoms with Crippen LogP contribution in [0.4, 0.5) is 5.69 Å². The second-order valence-corrected chi connectivity index (χ2v) is 3.35. The third kappa shape index (κ3) is 2.44. The number of halogens is 1. The molecule has 1 aromatic carbocycles. The first-order valence-corrected chi connectivity index (χ1v) is 4.59. The molecule has 0 aromatic heterocycles. The van der Waals surface area contributed by atoms with E-state index in [0.29, 0.717) is 15.7 Å². The Hall–Kier alpha value is -1.60. The molecule has 0 aliphatic heterocycles. The molecule has 4 heteroatoms. The molecule has 0 spiro atoms. The Morgan fingerprint density at radius 3 is 2.86 bits per heavy atom. The molecule has 0 bridgehead atoms. The minimum atomic E-state index is -0.282. The zero-order valence-electron chi connectivity index (χ0n) is 7.25. The number of rotatable bonds is 2. The zero-order chi connectivity index (χ0) is 10.6. The summed E-state index contributed by atoms with van der Waals surface area (Å²) in [4.78, 5) is 11.0. The van der Waals surface area contributed by atoms with Gasteiger partial charge in [0.15, 0.2) is 0 Å². The van der Waals surface area contributed by atoms with Crippen molar-refractivity contribution in [1.82, 2.24) is 0 Å². The summed E-state index contributed by atoms with van der Waals surface area (Å²) in [5.41, 5.74) is 1.15. The van der Waals surface area contributed by atoms with Crippen molar-refractivity contribution < 1.29 is 4.79 Å². The summed E-state index contributed by atoms with van der Waals surface area (Å²) in [5, 5.41) is 11.2. The smallest absolute Gasteiger partial charge is 0.247 e. The monoisotopic (exact) mass is 250 g/mol. The molecule has 0 saturated heterocycles. The van der Waals surface area contributed by atoms with E-state index in [2.05, 4.69) is 27.8 Å². The van der Waals surface area contributed by atoms with Gasteiger partial charge in [-0.1, -0.05) is 6.58 Å². The van der Waals surface area contributed by atoms with E-state index in [1.807, 2.05) is 6.07 Å². The molecule has 0 saturated carbocycles. The number of carbonyl (C=O) groups excluding carboxylic acids is 1. The number of nitriles is 1. The van der Waals surface area contributed by atoms with Gasteiger partial charge in [-0.25, -0.2) is 0 Å². The highest BCUT2D eigenvalue weighted by molar-refractivity contribution is 9.10. The van der Waals surface area contributed by atoms with Crippen molar-refractivity contribution in [3.8, 4) is 6.07 Å². The van der Waals surface area contributed by atoms with Gasteiger partial charge in [0.1, 0.15) is 0 Å². The number of nitrogens with zero attached hydrogens (tertiary/aromatic N) is 1. The topological polar surface area (TPSA) is 52.9 Å². The second kappa shape index (κ2) is 4.58. The van der Waals surface area contributed by atoms with Gasteiger partial charge in [-0.2, -0.15) is 5.26 Å². The van der Waals surface area contributed by atoms with Gasteiger partial charge in [-0.05, 0) is 40.2 Å². The number of anilines is 1. The van der Waals surface area contributed by atoms with Gasteiger partial charge >= 0.3 is 0 Å². The van der Waals surface area contributed by atoms with E-state index < -0.39 is 0 Å². The highest BCUT2D eigenvalue weighted by Gasteiger charge is 2.02. The predicted molar refractivity (Wildman–Crippen MR) is 57.7 cm³/mol. The summed E-state index contributed by atoms with van der Waals surface area (Å²) in [6.07, 6.45) is 1.19. The lowest BCUT2D eigenvalue weighted by molar-refractivity contribution is -0.111. The molecule has 1 amide bonds. The molecule has 0 atom stereocenters. The lowest BCUT2D eigenvalue weighted by atomic mass is 10.2. The first kappa shape index (κ1) is 10.5. The summed E-state index contributed by atoms with van der Waals surface area (Å²) in [6, 6.07) is 6.92. The molecule has 0 aliphatic rings. The third-order valence-corrected chi connectivity index (χ3v) is 2.20. The van der Waals surface area contributed by atoms with E-state index in [0.717, 1.165) is 0 Å². The van der Waals surface area contributed by atoms with Crippen molar-refractivity contribution >= 4 is 27.5 Å². The summed E-state index contributed by atoms with van der Waals surface area (Å²) < 4.78 is 0.673. The lowest BCUT2D eigenvalue weighted by Crippen LogP contribution is -2.07. The van der Waals surface area contributed by atoms with Gasteiger partial charge in [0.2, 0.25) is 5.91 Å². The van der Waals surface area contributed by atoms with Crippen LogP contribution in [0.1, 0.15) is 5.56 Å². The van der Waals surface area contributed by atoms with Crippen LogP contribution in [0.25, 0.3) is 0 Å². The average Bonchev–Trinajstić information content (AvgIpc) is 2.20. The Kier molecular flexibility index (Phi) is 3.43. The summed E-state index contributed by atoms with van der Waals surface area (Å²) in [6.45, 7) is 3.34. The number of hydrogen-bond acceptors (Lipinski definition) is 2. The van der Waals surface area contributed by atoms with Crippen molar-refractivity contribution in [2.45, 2.75) is 0 Å². The molecule has 70 valence electrons. The quantitative estimate of drug-likeness (QED) is 0.820. The maximum absolute atomic E-state index is 11.0. The van der Waals surface area contributed by atoms with Crippen LogP contribution in [0.2, 0.25) is 0 Å². The van der Waals surface area contributed by atoms with E-state index in [9.17, 15) is 4.79 Å². The number of benzene rings is 1. The van der Waals surface area contributed by atoms with Gasteiger partial charge < -0.3 is 5.32 Å². The largest absolute Gasteiger partial charge is 0.321 e. The molecule has 1 aromatic rings. The number of nitrogens with one attached hydrogen (secondary N) is 1. The minimum absolute atomic E-state index is 0.282.